The third-order valence-corrected chi connectivity index (χ3v) is 6.33. The van der Waals surface area contributed by atoms with Crippen molar-refractivity contribution in [2.75, 3.05) is 0 Å². The molecule has 2 atom stereocenters. The number of carbonyl (C=O) groups is 2. The minimum Gasteiger partial charge on any atom is -0.279 e. The Morgan fingerprint density at radius 3 is 1.83 bits per heavy atom. The molecule has 3 nitrogen and oxygen atoms in total. The van der Waals surface area contributed by atoms with Crippen LogP contribution in [0.4, 0.5) is 0 Å². The monoisotopic (exact) mass is 405 g/mol. The van der Waals surface area contributed by atoms with Gasteiger partial charge in [0.15, 0.2) is 0 Å². The zero-order valence-electron chi connectivity index (χ0n) is 19.6. The van der Waals surface area contributed by atoms with E-state index in [2.05, 4.69) is 32.9 Å². The molecule has 3 heteroatoms. The van der Waals surface area contributed by atoms with Crippen LogP contribution < -0.4 is 0 Å². The Balaban J connectivity index is 2.17. The maximum Gasteiger partial charge on any atom is 0.229 e. The number of hydrogen-bond donors (Lipinski definition) is 0. The van der Waals surface area contributed by atoms with E-state index in [9.17, 15) is 9.59 Å². The van der Waals surface area contributed by atoms with Gasteiger partial charge in [-0.2, -0.15) is 0 Å². The normalized spacial score (nSPS) is 16.9. The van der Waals surface area contributed by atoms with Crippen LogP contribution in [-0.4, -0.2) is 22.8 Å². The second-order valence-electron chi connectivity index (χ2n) is 9.02. The summed E-state index contributed by atoms with van der Waals surface area (Å²) >= 11 is 0. The topological polar surface area (TPSA) is 37.4 Å². The molecule has 0 saturated carbocycles. The second-order valence-corrected chi connectivity index (χ2v) is 9.02. The van der Waals surface area contributed by atoms with E-state index in [0.29, 0.717) is 18.8 Å². The van der Waals surface area contributed by atoms with E-state index < -0.39 is 0 Å². The number of nitrogens with zero attached hydrogens (tertiary/aromatic N) is 1. The quantitative estimate of drug-likeness (QED) is 0.134. The molecule has 0 aromatic carbocycles. The first-order valence-electron chi connectivity index (χ1n) is 12.6. The minimum atomic E-state index is 0.0392. The van der Waals surface area contributed by atoms with E-state index in [-0.39, 0.29) is 17.9 Å². The highest BCUT2D eigenvalue weighted by molar-refractivity contribution is 6.02. The number of likely N-dealkylation sites (tertiary alicyclic amines) is 1. The van der Waals surface area contributed by atoms with E-state index in [4.69, 9.17) is 0 Å². The second kappa shape index (κ2) is 16.7. The fraction of sp³-hybridized carbons (Fsp3) is 0.846. The van der Waals surface area contributed by atoms with E-state index >= 15 is 0 Å². The van der Waals surface area contributed by atoms with Gasteiger partial charge in [-0.1, -0.05) is 104 Å². The van der Waals surface area contributed by atoms with Crippen molar-refractivity contribution in [2.24, 2.45) is 5.92 Å². The van der Waals surface area contributed by atoms with Crippen molar-refractivity contribution in [1.29, 1.82) is 0 Å². The van der Waals surface area contributed by atoms with E-state index in [1.54, 1.807) is 4.90 Å². The van der Waals surface area contributed by atoms with Crippen molar-refractivity contribution in [2.45, 2.75) is 136 Å². The molecule has 1 aliphatic rings. The van der Waals surface area contributed by atoms with Gasteiger partial charge in [0.05, 0.1) is 0 Å². The van der Waals surface area contributed by atoms with Gasteiger partial charge >= 0.3 is 0 Å². The van der Waals surface area contributed by atoms with Gasteiger partial charge in [-0.15, -0.1) is 0 Å². The average Bonchev–Trinajstić information content (AvgIpc) is 3.04. The van der Waals surface area contributed by atoms with Crippen LogP contribution >= 0.6 is 0 Å². The number of allylic oxidation sites excluding steroid dienone is 2. The molecule has 0 bridgehead atoms. The standard InChI is InChI=1S/C26H47NO2/c1-4-6-8-9-10-11-12-13-14-15-16-17-18-19-23(3)24(20-7-5-2)27-25(28)21-22-26(27)29/h17-18,23-24H,4-16,19-22H2,1-3H3. The lowest BCUT2D eigenvalue weighted by Crippen LogP contribution is -2.43. The number of unbranched alkanes of at least 4 members (excludes halogenated alkanes) is 11. The van der Waals surface area contributed by atoms with Gasteiger partial charge in [0.2, 0.25) is 11.8 Å². The first-order chi connectivity index (χ1) is 14.1. The van der Waals surface area contributed by atoms with Crippen LogP contribution in [0.1, 0.15) is 130 Å². The van der Waals surface area contributed by atoms with Crippen LogP contribution in [0.3, 0.4) is 0 Å². The lowest BCUT2D eigenvalue weighted by Gasteiger charge is -2.31. The molecule has 0 aliphatic carbocycles. The zero-order valence-corrected chi connectivity index (χ0v) is 19.6. The first-order valence-corrected chi connectivity index (χ1v) is 12.6. The third kappa shape index (κ3) is 11.0. The van der Waals surface area contributed by atoms with Crippen molar-refractivity contribution in [3.63, 3.8) is 0 Å². The molecule has 1 heterocycles. The summed E-state index contributed by atoms with van der Waals surface area (Å²) in [5.74, 6) is 0.422. The van der Waals surface area contributed by atoms with Gasteiger partial charge in [0.25, 0.3) is 0 Å². The molecule has 2 unspecified atom stereocenters. The van der Waals surface area contributed by atoms with Crippen LogP contribution in [0.5, 0.6) is 0 Å². The Morgan fingerprint density at radius 1 is 0.759 bits per heavy atom. The zero-order chi connectivity index (χ0) is 21.3. The Labute approximate surface area is 180 Å². The molecular weight excluding hydrogens is 358 g/mol. The molecule has 1 aliphatic heterocycles. The molecule has 29 heavy (non-hydrogen) atoms. The van der Waals surface area contributed by atoms with Gasteiger partial charge in [0, 0.05) is 18.9 Å². The molecular formula is C26H47NO2. The Kier molecular flexibility index (Phi) is 14.9. The van der Waals surface area contributed by atoms with Gasteiger partial charge in [0.1, 0.15) is 0 Å². The summed E-state index contributed by atoms with van der Waals surface area (Å²) in [5.41, 5.74) is 0. The molecule has 0 radical (unpaired) electrons. The number of imide groups is 1. The molecule has 0 N–H and O–H groups in total. The minimum absolute atomic E-state index is 0.0392. The SMILES string of the molecule is CCCCCCCCCCCCC=CCC(C)C(CCCC)N1C(=O)CCC1=O. The predicted octanol–water partition coefficient (Wildman–Crippen LogP) is 7.59. The fourth-order valence-corrected chi connectivity index (χ4v) is 4.38. The van der Waals surface area contributed by atoms with Crippen molar-refractivity contribution < 1.29 is 9.59 Å². The molecule has 1 saturated heterocycles. The maximum atomic E-state index is 12.2. The summed E-state index contributed by atoms with van der Waals surface area (Å²) in [7, 11) is 0. The van der Waals surface area contributed by atoms with Crippen molar-refractivity contribution >= 4 is 11.8 Å². The molecule has 2 amide bonds. The molecule has 0 spiro atoms. The van der Waals surface area contributed by atoms with E-state index in [0.717, 1.165) is 32.1 Å². The van der Waals surface area contributed by atoms with Gasteiger partial charge < -0.3 is 0 Å². The largest absolute Gasteiger partial charge is 0.279 e. The van der Waals surface area contributed by atoms with Crippen LogP contribution in [-0.2, 0) is 9.59 Å². The van der Waals surface area contributed by atoms with Crippen molar-refractivity contribution in [1.82, 2.24) is 4.90 Å². The molecule has 1 fully saturated rings. The lowest BCUT2D eigenvalue weighted by molar-refractivity contribution is -0.142. The highest BCUT2D eigenvalue weighted by Gasteiger charge is 2.36. The number of carbonyl (C=O) groups excluding carboxylic acids is 2. The summed E-state index contributed by atoms with van der Waals surface area (Å²) in [6.45, 7) is 6.64. The molecule has 1 rings (SSSR count). The van der Waals surface area contributed by atoms with E-state index in [1.807, 2.05) is 0 Å². The summed E-state index contributed by atoms with van der Waals surface area (Å²) in [5, 5.41) is 0. The first kappa shape index (κ1) is 25.9. The molecule has 0 aromatic rings. The van der Waals surface area contributed by atoms with E-state index in [1.165, 1.54) is 64.2 Å². The Hall–Kier alpha value is -1.12. The Morgan fingerprint density at radius 2 is 1.28 bits per heavy atom. The highest BCUT2D eigenvalue weighted by atomic mass is 16.2. The van der Waals surface area contributed by atoms with Gasteiger partial charge in [-0.25, -0.2) is 0 Å². The summed E-state index contributed by atoms with van der Waals surface area (Å²) in [4.78, 5) is 25.9. The number of amides is 2. The van der Waals surface area contributed by atoms with Crippen molar-refractivity contribution in [3.8, 4) is 0 Å². The fourth-order valence-electron chi connectivity index (χ4n) is 4.38. The summed E-state index contributed by atoms with van der Waals surface area (Å²) in [6.07, 6.45) is 24.4. The maximum absolute atomic E-state index is 12.2. The van der Waals surface area contributed by atoms with Crippen molar-refractivity contribution in [3.05, 3.63) is 12.2 Å². The molecule has 168 valence electrons. The smallest absolute Gasteiger partial charge is 0.229 e. The predicted molar refractivity (Wildman–Crippen MR) is 124 cm³/mol. The highest BCUT2D eigenvalue weighted by Crippen LogP contribution is 2.26. The lowest BCUT2D eigenvalue weighted by atomic mass is 9.92. The molecule has 0 aromatic heterocycles. The average molecular weight is 406 g/mol. The van der Waals surface area contributed by atoms with Gasteiger partial charge in [-0.3, -0.25) is 14.5 Å². The van der Waals surface area contributed by atoms with Crippen LogP contribution in [0, 0.1) is 5.92 Å². The van der Waals surface area contributed by atoms with Crippen LogP contribution in [0.25, 0.3) is 0 Å². The summed E-state index contributed by atoms with van der Waals surface area (Å²) in [6, 6.07) is 0.0828. The van der Waals surface area contributed by atoms with Crippen LogP contribution in [0.2, 0.25) is 0 Å². The third-order valence-electron chi connectivity index (χ3n) is 6.33. The van der Waals surface area contributed by atoms with Gasteiger partial charge in [-0.05, 0) is 31.6 Å². The number of rotatable bonds is 18. The van der Waals surface area contributed by atoms with Crippen LogP contribution in [0.15, 0.2) is 12.2 Å². The Bertz CT molecular complexity index is 455. The summed E-state index contributed by atoms with van der Waals surface area (Å²) < 4.78 is 0. The number of hydrogen-bond acceptors (Lipinski definition) is 2.